The maximum atomic E-state index is 4.24. The second-order valence-electron chi connectivity index (χ2n) is 4.92. The summed E-state index contributed by atoms with van der Waals surface area (Å²) in [7, 11) is 2.20. The Bertz CT molecular complexity index is 361. The summed E-state index contributed by atoms with van der Waals surface area (Å²) in [5, 5.41) is 3.57. The fourth-order valence-electron chi connectivity index (χ4n) is 2.39. The molecule has 3 nitrogen and oxygen atoms in total. The Morgan fingerprint density at radius 1 is 1.47 bits per heavy atom. The molecule has 1 aliphatic rings. The molecule has 0 aromatic carbocycles. The predicted molar refractivity (Wildman–Crippen MR) is 75.2 cm³/mol. The summed E-state index contributed by atoms with van der Waals surface area (Å²) in [6, 6.07) is 4.54. The second kappa shape index (κ2) is 5.83. The minimum absolute atomic E-state index is 0.504. The summed E-state index contributed by atoms with van der Waals surface area (Å²) < 4.78 is 0.903. The molecule has 1 aromatic rings. The van der Waals surface area contributed by atoms with Crippen molar-refractivity contribution < 1.29 is 0 Å². The van der Waals surface area contributed by atoms with E-state index in [1.54, 1.807) is 6.20 Å². The van der Waals surface area contributed by atoms with Crippen molar-refractivity contribution in [1.29, 1.82) is 0 Å². The highest BCUT2D eigenvalue weighted by Crippen LogP contribution is 2.25. The van der Waals surface area contributed by atoms with Crippen LogP contribution in [0.15, 0.2) is 22.9 Å². The molecule has 1 aromatic heterocycles. The van der Waals surface area contributed by atoms with Crippen molar-refractivity contribution in [3.63, 3.8) is 0 Å². The van der Waals surface area contributed by atoms with Crippen molar-refractivity contribution in [3.05, 3.63) is 22.9 Å². The zero-order valence-corrected chi connectivity index (χ0v) is 12.1. The molecule has 17 heavy (non-hydrogen) atoms. The molecule has 2 heterocycles. The minimum Gasteiger partial charge on any atom is -0.380 e. The van der Waals surface area contributed by atoms with Crippen molar-refractivity contribution in [2.45, 2.75) is 25.8 Å². The molecule has 1 aliphatic heterocycles. The molecule has 0 aliphatic carbocycles. The van der Waals surface area contributed by atoms with E-state index in [4.69, 9.17) is 0 Å². The molecule has 0 spiro atoms. The lowest BCUT2D eigenvalue weighted by molar-refractivity contribution is 0.208. The number of nitrogens with zero attached hydrogens (tertiary/aromatic N) is 2. The predicted octanol–water partition coefficient (Wildman–Crippen LogP) is 2.99. The van der Waals surface area contributed by atoms with Crippen LogP contribution in [0.25, 0.3) is 0 Å². The van der Waals surface area contributed by atoms with Gasteiger partial charge < -0.3 is 10.2 Å². The summed E-state index contributed by atoms with van der Waals surface area (Å²) in [6.07, 6.45) is 4.36. The molecule has 2 rings (SSSR count). The Morgan fingerprint density at radius 2 is 2.18 bits per heavy atom. The standard InChI is InChI=1S/C13H20BrN3/c1-10(11-5-8-17(2)9-6-11)16-12-4-3-7-15-13(12)14/h3-4,7,10-11,16H,5-6,8-9H2,1-2H3. The van der Waals surface area contributed by atoms with Gasteiger partial charge in [0.2, 0.25) is 0 Å². The van der Waals surface area contributed by atoms with E-state index in [0.717, 1.165) is 16.2 Å². The molecule has 1 atom stereocenters. The molecule has 0 amide bonds. The molecule has 0 radical (unpaired) electrons. The summed E-state index contributed by atoms with van der Waals surface area (Å²) in [5.74, 6) is 0.762. The Morgan fingerprint density at radius 3 is 2.82 bits per heavy atom. The number of anilines is 1. The van der Waals surface area contributed by atoms with Crippen molar-refractivity contribution in [2.24, 2.45) is 5.92 Å². The number of pyridine rings is 1. The monoisotopic (exact) mass is 297 g/mol. The maximum absolute atomic E-state index is 4.24. The fourth-order valence-corrected chi connectivity index (χ4v) is 2.75. The van der Waals surface area contributed by atoms with Gasteiger partial charge in [0.1, 0.15) is 4.60 Å². The third-order valence-corrected chi connectivity index (χ3v) is 4.24. The Kier molecular flexibility index (Phi) is 4.40. The van der Waals surface area contributed by atoms with Crippen molar-refractivity contribution in [1.82, 2.24) is 9.88 Å². The molecule has 0 saturated carbocycles. The van der Waals surface area contributed by atoms with E-state index in [0.29, 0.717) is 6.04 Å². The zero-order chi connectivity index (χ0) is 12.3. The van der Waals surface area contributed by atoms with E-state index in [9.17, 15) is 0 Å². The lowest BCUT2D eigenvalue weighted by Gasteiger charge is -2.33. The van der Waals surface area contributed by atoms with Gasteiger partial charge in [-0.1, -0.05) is 0 Å². The SMILES string of the molecule is CC(Nc1cccnc1Br)C1CCN(C)CC1. The van der Waals surface area contributed by atoms with Crippen LogP contribution in [0, 0.1) is 5.92 Å². The Hall–Kier alpha value is -0.610. The number of rotatable bonds is 3. The van der Waals surface area contributed by atoms with Gasteiger partial charge in [-0.05, 0) is 73.9 Å². The molecule has 1 unspecified atom stereocenters. The van der Waals surface area contributed by atoms with Crippen LogP contribution >= 0.6 is 15.9 Å². The maximum Gasteiger partial charge on any atom is 0.129 e. The van der Waals surface area contributed by atoms with Crippen LogP contribution in [0.1, 0.15) is 19.8 Å². The number of hydrogen-bond donors (Lipinski definition) is 1. The highest BCUT2D eigenvalue weighted by molar-refractivity contribution is 9.10. The first-order chi connectivity index (χ1) is 8.16. The average Bonchev–Trinajstić information content (AvgIpc) is 2.33. The molecular formula is C13H20BrN3. The first-order valence-electron chi connectivity index (χ1n) is 6.22. The molecule has 4 heteroatoms. The van der Waals surface area contributed by atoms with Gasteiger partial charge in [-0.2, -0.15) is 0 Å². The number of likely N-dealkylation sites (tertiary alicyclic amines) is 1. The van der Waals surface area contributed by atoms with Crippen LogP contribution in [0.3, 0.4) is 0 Å². The van der Waals surface area contributed by atoms with Crippen molar-refractivity contribution in [2.75, 3.05) is 25.5 Å². The lowest BCUT2D eigenvalue weighted by atomic mass is 9.90. The molecular weight excluding hydrogens is 278 g/mol. The van der Waals surface area contributed by atoms with E-state index in [1.807, 2.05) is 6.07 Å². The highest BCUT2D eigenvalue weighted by atomic mass is 79.9. The topological polar surface area (TPSA) is 28.2 Å². The molecule has 94 valence electrons. The smallest absolute Gasteiger partial charge is 0.129 e. The third-order valence-electron chi connectivity index (χ3n) is 3.61. The lowest BCUT2D eigenvalue weighted by Crippen LogP contribution is -2.37. The quantitative estimate of drug-likeness (QED) is 0.870. The fraction of sp³-hybridized carbons (Fsp3) is 0.615. The van der Waals surface area contributed by atoms with Crippen LogP contribution in [0.2, 0.25) is 0 Å². The largest absolute Gasteiger partial charge is 0.380 e. The Labute approximate surface area is 112 Å². The number of piperidine rings is 1. The van der Waals surface area contributed by atoms with Gasteiger partial charge in [0, 0.05) is 12.2 Å². The van der Waals surface area contributed by atoms with Gasteiger partial charge in [-0.15, -0.1) is 0 Å². The van der Waals surface area contributed by atoms with Crippen LogP contribution in [-0.2, 0) is 0 Å². The van der Waals surface area contributed by atoms with Crippen LogP contribution in [-0.4, -0.2) is 36.1 Å². The zero-order valence-electron chi connectivity index (χ0n) is 10.5. The molecule has 0 bridgehead atoms. The van der Waals surface area contributed by atoms with E-state index in [1.165, 1.54) is 25.9 Å². The normalized spacial score (nSPS) is 20.2. The second-order valence-corrected chi connectivity index (χ2v) is 5.67. The van der Waals surface area contributed by atoms with Crippen molar-refractivity contribution in [3.8, 4) is 0 Å². The summed E-state index contributed by atoms with van der Waals surface area (Å²) >= 11 is 3.48. The first kappa shape index (κ1) is 12.8. The average molecular weight is 298 g/mol. The number of nitrogens with one attached hydrogen (secondary N) is 1. The third kappa shape index (κ3) is 3.42. The van der Waals surface area contributed by atoms with Crippen molar-refractivity contribution >= 4 is 21.6 Å². The first-order valence-corrected chi connectivity index (χ1v) is 7.01. The van der Waals surface area contributed by atoms with Gasteiger partial charge in [-0.3, -0.25) is 0 Å². The number of hydrogen-bond acceptors (Lipinski definition) is 3. The van der Waals surface area contributed by atoms with Crippen LogP contribution in [0.5, 0.6) is 0 Å². The summed E-state index contributed by atoms with van der Waals surface area (Å²) in [5.41, 5.74) is 1.10. The molecule has 1 N–H and O–H groups in total. The minimum atomic E-state index is 0.504. The van der Waals surface area contributed by atoms with E-state index in [-0.39, 0.29) is 0 Å². The summed E-state index contributed by atoms with van der Waals surface area (Å²) in [6.45, 7) is 4.70. The number of aromatic nitrogens is 1. The van der Waals surface area contributed by atoms with E-state index in [2.05, 4.69) is 51.2 Å². The van der Waals surface area contributed by atoms with Crippen LogP contribution < -0.4 is 5.32 Å². The van der Waals surface area contributed by atoms with Crippen LogP contribution in [0.4, 0.5) is 5.69 Å². The number of halogens is 1. The highest BCUT2D eigenvalue weighted by Gasteiger charge is 2.22. The molecule has 1 fully saturated rings. The van der Waals surface area contributed by atoms with Gasteiger partial charge in [0.05, 0.1) is 5.69 Å². The van der Waals surface area contributed by atoms with Gasteiger partial charge in [-0.25, -0.2) is 4.98 Å². The molecule has 1 saturated heterocycles. The van der Waals surface area contributed by atoms with Gasteiger partial charge in [0.25, 0.3) is 0 Å². The Balaban J connectivity index is 1.93. The van der Waals surface area contributed by atoms with Gasteiger partial charge >= 0.3 is 0 Å². The summed E-state index contributed by atoms with van der Waals surface area (Å²) in [4.78, 5) is 6.64. The van der Waals surface area contributed by atoms with E-state index < -0.39 is 0 Å². The van der Waals surface area contributed by atoms with E-state index >= 15 is 0 Å². The van der Waals surface area contributed by atoms with Gasteiger partial charge in [0.15, 0.2) is 0 Å².